The Balaban J connectivity index is 1.66. The van der Waals surface area contributed by atoms with Crippen LogP contribution in [0.2, 0.25) is 0 Å². The van der Waals surface area contributed by atoms with Gasteiger partial charge in [0.15, 0.2) is 5.65 Å². The third kappa shape index (κ3) is 2.43. The standard InChI is InChI=1S/C18H21N5O/c1-3-23(15-9-8-12-6-4-5-7-13(12)15)11-16-20-17-14(18(24)21-16)10-19-22(17)2/h4-7,10,15H,3,8-9,11H2,1-2H3,(H,20,21,24). The monoisotopic (exact) mass is 323 g/mol. The lowest BCUT2D eigenvalue weighted by atomic mass is 10.1. The summed E-state index contributed by atoms with van der Waals surface area (Å²) < 4.78 is 1.65. The quantitative estimate of drug-likeness (QED) is 0.799. The molecule has 124 valence electrons. The fourth-order valence-corrected chi connectivity index (χ4v) is 3.70. The Bertz CT molecular complexity index is 942. The highest BCUT2D eigenvalue weighted by Gasteiger charge is 2.27. The van der Waals surface area contributed by atoms with Gasteiger partial charge in [-0.2, -0.15) is 5.10 Å². The van der Waals surface area contributed by atoms with Gasteiger partial charge in [-0.05, 0) is 30.5 Å². The molecule has 1 unspecified atom stereocenters. The minimum absolute atomic E-state index is 0.119. The van der Waals surface area contributed by atoms with E-state index < -0.39 is 0 Å². The van der Waals surface area contributed by atoms with Crippen LogP contribution in [0.1, 0.15) is 36.3 Å². The van der Waals surface area contributed by atoms with E-state index in [4.69, 9.17) is 0 Å². The molecule has 6 nitrogen and oxygen atoms in total. The number of aromatic amines is 1. The van der Waals surface area contributed by atoms with Crippen LogP contribution in [-0.4, -0.2) is 31.2 Å². The molecule has 0 bridgehead atoms. The van der Waals surface area contributed by atoms with Crippen LogP contribution in [0.4, 0.5) is 0 Å². The first-order valence-electron chi connectivity index (χ1n) is 8.40. The topological polar surface area (TPSA) is 66.8 Å². The van der Waals surface area contributed by atoms with E-state index in [1.54, 1.807) is 10.9 Å². The van der Waals surface area contributed by atoms with Gasteiger partial charge in [-0.3, -0.25) is 14.4 Å². The highest BCUT2D eigenvalue weighted by Crippen LogP contribution is 2.35. The molecule has 1 aromatic carbocycles. The summed E-state index contributed by atoms with van der Waals surface area (Å²) in [5.41, 5.74) is 3.36. The van der Waals surface area contributed by atoms with Gasteiger partial charge in [0.25, 0.3) is 5.56 Å². The smallest absolute Gasteiger partial charge is 0.262 e. The highest BCUT2D eigenvalue weighted by molar-refractivity contribution is 5.72. The number of fused-ring (bicyclic) bond motifs is 2. The summed E-state index contributed by atoms with van der Waals surface area (Å²) in [6.45, 7) is 3.69. The predicted octanol–water partition coefficient (Wildman–Crippen LogP) is 2.17. The van der Waals surface area contributed by atoms with Crippen molar-refractivity contribution in [1.29, 1.82) is 0 Å². The lowest BCUT2D eigenvalue weighted by Gasteiger charge is -2.27. The van der Waals surface area contributed by atoms with E-state index in [1.807, 2.05) is 7.05 Å². The fourth-order valence-electron chi connectivity index (χ4n) is 3.70. The fraction of sp³-hybridized carbons (Fsp3) is 0.389. The molecule has 2 heterocycles. The van der Waals surface area contributed by atoms with Crippen molar-refractivity contribution in [2.24, 2.45) is 7.05 Å². The Morgan fingerprint density at radius 1 is 1.38 bits per heavy atom. The van der Waals surface area contributed by atoms with Crippen LogP contribution >= 0.6 is 0 Å². The van der Waals surface area contributed by atoms with Crippen molar-refractivity contribution < 1.29 is 0 Å². The normalized spacial score (nSPS) is 16.9. The van der Waals surface area contributed by atoms with Crippen molar-refractivity contribution in [3.63, 3.8) is 0 Å². The van der Waals surface area contributed by atoms with Crippen LogP contribution in [0, 0.1) is 0 Å². The van der Waals surface area contributed by atoms with Gasteiger partial charge in [0.1, 0.15) is 11.2 Å². The molecule has 1 N–H and O–H groups in total. The van der Waals surface area contributed by atoms with Crippen LogP contribution in [0.5, 0.6) is 0 Å². The first kappa shape index (κ1) is 15.1. The van der Waals surface area contributed by atoms with Crippen molar-refractivity contribution in [3.05, 3.63) is 57.8 Å². The van der Waals surface area contributed by atoms with Crippen LogP contribution in [0.25, 0.3) is 11.0 Å². The summed E-state index contributed by atoms with van der Waals surface area (Å²) in [5.74, 6) is 0.697. The SMILES string of the molecule is CCN(Cc1nc2c(cnn2C)c(=O)[nH]1)C1CCc2ccccc21. The van der Waals surface area contributed by atoms with E-state index in [9.17, 15) is 4.79 Å². The third-order valence-corrected chi connectivity index (χ3v) is 4.95. The maximum Gasteiger partial charge on any atom is 0.262 e. The minimum Gasteiger partial charge on any atom is -0.309 e. The molecule has 6 heteroatoms. The molecule has 1 aliphatic rings. The molecule has 0 fully saturated rings. The molecule has 0 aliphatic heterocycles. The lowest BCUT2D eigenvalue weighted by Crippen LogP contribution is -2.29. The number of rotatable bonds is 4. The lowest BCUT2D eigenvalue weighted by molar-refractivity contribution is 0.193. The first-order chi connectivity index (χ1) is 11.7. The molecule has 0 spiro atoms. The summed E-state index contributed by atoms with van der Waals surface area (Å²) in [4.78, 5) is 22.1. The summed E-state index contributed by atoms with van der Waals surface area (Å²) in [6.07, 6.45) is 3.79. The Morgan fingerprint density at radius 2 is 2.21 bits per heavy atom. The van der Waals surface area contributed by atoms with Gasteiger partial charge in [-0.25, -0.2) is 4.98 Å². The summed E-state index contributed by atoms with van der Waals surface area (Å²) >= 11 is 0. The van der Waals surface area contributed by atoms with E-state index in [0.717, 1.165) is 19.4 Å². The molecule has 24 heavy (non-hydrogen) atoms. The van der Waals surface area contributed by atoms with Crippen molar-refractivity contribution in [1.82, 2.24) is 24.6 Å². The van der Waals surface area contributed by atoms with Gasteiger partial charge in [0.05, 0.1) is 12.7 Å². The van der Waals surface area contributed by atoms with Gasteiger partial charge in [-0.15, -0.1) is 0 Å². The van der Waals surface area contributed by atoms with Crippen molar-refractivity contribution in [3.8, 4) is 0 Å². The summed E-state index contributed by atoms with van der Waals surface area (Å²) in [6, 6.07) is 9.03. The van der Waals surface area contributed by atoms with Crippen LogP contribution in [0.15, 0.2) is 35.3 Å². The number of hydrogen-bond acceptors (Lipinski definition) is 4. The van der Waals surface area contributed by atoms with Crippen LogP contribution in [-0.2, 0) is 20.0 Å². The zero-order valence-electron chi connectivity index (χ0n) is 14.0. The number of H-pyrrole nitrogens is 1. The second-order valence-electron chi connectivity index (χ2n) is 6.33. The van der Waals surface area contributed by atoms with Crippen LogP contribution in [0.3, 0.4) is 0 Å². The van der Waals surface area contributed by atoms with Crippen molar-refractivity contribution in [2.75, 3.05) is 6.54 Å². The van der Waals surface area contributed by atoms with Gasteiger partial charge in [0.2, 0.25) is 0 Å². The average molecular weight is 323 g/mol. The van der Waals surface area contributed by atoms with Gasteiger partial charge < -0.3 is 4.98 Å². The molecule has 0 amide bonds. The Hall–Kier alpha value is -2.47. The number of aromatic nitrogens is 4. The molecule has 2 aromatic heterocycles. The predicted molar refractivity (Wildman–Crippen MR) is 92.7 cm³/mol. The first-order valence-corrected chi connectivity index (χ1v) is 8.40. The minimum atomic E-state index is -0.119. The van der Waals surface area contributed by atoms with E-state index in [2.05, 4.69) is 51.2 Å². The third-order valence-electron chi connectivity index (χ3n) is 4.95. The largest absolute Gasteiger partial charge is 0.309 e. The highest BCUT2D eigenvalue weighted by atomic mass is 16.1. The number of nitrogens with zero attached hydrogens (tertiary/aromatic N) is 4. The maximum atomic E-state index is 12.2. The zero-order valence-corrected chi connectivity index (χ0v) is 14.0. The molecular weight excluding hydrogens is 302 g/mol. The van der Waals surface area contributed by atoms with Crippen molar-refractivity contribution >= 4 is 11.0 Å². The van der Waals surface area contributed by atoms with E-state index in [1.165, 1.54) is 11.1 Å². The summed E-state index contributed by atoms with van der Waals surface area (Å²) in [7, 11) is 1.81. The molecule has 1 atom stereocenters. The van der Waals surface area contributed by atoms with E-state index in [-0.39, 0.29) is 5.56 Å². The zero-order chi connectivity index (χ0) is 16.7. The number of nitrogens with one attached hydrogen (secondary N) is 1. The molecular formula is C18H21N5O. The van der Waals surface area contributed by atoms with E-state index in [0.29, 0.717) is 29.4 Å². The molecule has 0 radical (unpaired) electrons. The average Bonchev–Trinajstić information content (AvgIpc) is 3.17. The van der Waals surface area contributed by atoms with E-state index >= 15 is 0 Å². The Kier molecular flexibility index (Phi) is 3.69. The number of aryl methyl sites for hydroxylation is 2. The molecule has 3 aromatic rings. The number of hydrogen-bond donors (Lipinski definition) is 1. The molecule has 0 saturated carbocycles. The van der Waals surface area contributed by atoms with Crippen molar-refractivity contribution in [2.45, 2.75) is 32.4 Å². The van der Waals surface area contributed by atoms with Gasteiger partial charge >= 0.3 is 0 Å². The molecule has 1 aliphatic carbocycles. The Labute approximate surface area is 140 Å². The summed E-state index contributed by atoms with van der Waals surface area (Å²) in [5, 5.41) is 4.66. The molecule has 4 rings (SSSR count). The number of benzene rings is 1. The second kappa shape index (κ2) is 5.87. The second-order valence-corrected chi connectivity index (χ2v) is 6.33. The van der Waals surface area contributed by atoms with Crippen LogP contribution < -0.4 is 5.56 Å². The maximum absolute atomic E-state index is 12.2. The Morgan fingerprint density at radius 3 is 3.04 bits per heavy atom. The molecule has 0 saturated heterocycles. The van der Waals surface area contributed by atoms with Gasteiger partial charge in [0, 0.05) is 13.1 Å². The van der Waals surface area contributed by atoms with Gasteiger partial charge in [-0.1, -0.05) is 31.2 Å².